The van der Waals surface area contributed by atoms with Gasteiger partial charge in [-0.15, -0.1) is 0 Å². The van der Waals surface area contributed by atoms with Crippen LogP contribution in [0.25, 0.3) is 0 Å². The van der Waals surface area contributed by atoms with Crippen LogP contribution < -0.4 is 10.6 Å². The first-order valence-corrected chi connectivity index (χ1v) is 8.13. The number of nitrogens with zero attached hydrogens (tertiary/aromatic N) is 4. The largest absolute Gasteiger partial charge is 0.372 e. The van der Waals surface area contributed by atoms with Crippen LogP contribution in [0.2, 0.25) is 0 Å². The van der Waals surface area contributed by atoms with Gasteiger partial charge in [-0.25, -0.2) is 9.97 Å². The predicted molar refractivity (Wildman–Crippen MR) is 93.1 cm³/mol. The highest BCUT2D eigenvalue weighted by Crippen LogP contribution is 2.32. The van der Waals surface area contributed by atoms with Crippen molar-refractivity contribution < 1.29 is 9.59 Å². The fourth-order valence-corrected chi connectivity index (χ4v) is 2.96. The van der Waals surface area contributed by atoms with Crippen molar-refractivity contribution in [2.45, 2.75) is 25.8 Å². The molecule has 1 aliphatic heterocycles. The van der Waals surface area contributed by atoms with Crippen molar-refractivity contribution in [3.8, 4) is 0 Å². The van der Waals surface area contributed by atoms with Crippen molar-refractivity contribution in [1.29, 1.82) is 0 Å². The molecule has 0 bridgehead atoms. The van der Waals surface area contributed by atoms with Gasteiger partial charge in [-0.3, -0.25) is 14.6 Å². The van der Waals surface area contributed by atoms with Crippen LogP contribution in [0.15, 0.2) is 30.7 Å². The number of amides is 2. The molecule has 2 amide bonds. The Labute approximate surface area is 145 Å². The van der Waals surface area contributed by atoms with Crippen LogP contribution >= 0.6 is 0 Å². The van der Waals surface area contributed by atoms with Crippen LogP contribution in [-0.2, 0) is 4.79 Å². The Bertz CT molecular complexity index is 794. The molecule has 0 radical (unpaired) electrons. The molecular formula is C17H20N6O2. The minimum absolute atomic E-state index is 0.104. The predicted octanol–water partition coefficient (Wildman–Crippen LogP) is 1.85. The van der Waals surface area contributed by atoms with Crippen LogP contribution in [0, 0.1) is 0 Å². The molecule has 130 valence electrons. The van der Waals surface area contributed by atoms with Gasteiger partial charge < -0.3 is 15.5 Å². The Morgan fingerprint density at radius 3 is 2.88 bits per heavy atom. The summed E-state index contributed by atoms with van der Waals surface area (Å²) in [5.41, 5.74) is 1.26. The quantitative estimate of drug-likeness (QED) is 0.881. The maximum Gasteiger partial charge on any atom is 0.254 e. The lowest BCUT2D eigenvalue weighted by molar-refractivity contribution is -0.114. The Kier molecular flexibility index (Phi) is 4.87. The van der Waals surface area contributed by atoms with Gasteiger partial charge in [0.1, 0.15) is 11.6 Å². The number of pyridine rings is 1. The van der Waals surface area contributed by atoms with E-state index >= 15 is 0 Å². The third-order valence-electron chi connectivity index (χ3n) is 4.08. The van der Waals surface area contributed by atoms with Crippen molar-refractivity contribution in [3.05, 3.63) is 42.0 Å². The molecule has 3 rings (SSSR count). The number of nitrogens with one attached hydrogen (secondary N) is 2. The van der Waals surface area contributed by atoms with Gasteiger partial charge in [0, 0.05) is 32.3 Å². The van der Waals surface area contributed by atoms with Crippen molar-refractivity contribution in [1.82, 2.24) is 19.9 Å². The molecule has 1 fully saturated rings. The van der Waals surface area contributed by atoms with Gasteiger partial charge in [-0.1, -0.05) is 0 Å². The van der Waals surface area contributed by atoms with E-state index in [2.05, 4.69) is 25.6 Å². The number of hydrogen-bond acceptors (Lipinski definition) is 6. The Morgan fingerprint density at radius 2 is 2.12 bits per heavy atom. The molecule has 0 aliphatic carbocycles. The summed E-state index contributed by atoms with van der Waals surface area (Å²) in [6.07, 6.45) is 6.62. The van der Waals surface area contributed by atoms with E-state index in [4.69, 9.17) is 0 Å². The van der Waals surface area contributed by atoms with Crippen LogP contribution in [0.1, 0.15) is 41.9 Å². The molecule has 0 saturated carbocycles. The zero-order valence-corrected chi connectivity index (χ0v) is 14.2. The summed E-state index contributed by atoms with van der Waals surface area (Å²) in [6, 6.07) is 3.14. The first-order valence-electron chi connectivity index (χ1n) is 8.13. The maximum absolute atomic E-state index is 12.9. The van der Waals surface area contributed by atoms with Gasteiger partial charge >= 0.3 is 0 Å². The number of anilines is 2. The van der Waals surface area contributed by atoms with Gasteiger partial charge in [0.2, 0.25) is 5.91 Å². The number of carbonyl (C=O) groups is 2. The fraction of sp³-hybridized carbons (Fsp3) is 0.353. The van der Waals surface area contributed by atoms with Gasteiger partial charge in [-0.2, -0.15) is 0 Å². The molecule has 25 heavy (non-hydrogen) atoms. The molecule has 8 nitrogen and oxygen atoms in total. The van der Waals surface area contributed by atoms with E-state index in [1.807, 2.05) is 0 Å². The van der Waals surface area contributed by atoms with Crippen LogP contribution in [0.4, 0.5) is 11.6 Å². The van der Waals surface area contributed by atoms with Crippen LogP contribution in [0.5, 0.6) is 0 Å². The van der Waals surface area contributed by atoms with Crippen molar-refractivity contribution in [3.63, 3.8) is 0 Å². The second-order valence-electron chi connectivity index (χ2n) is 5.85. The number of aromatic nitrogens is 3. The lowest BCUT2D eigenvalue weighted by atomic mass is 10.1. The minimum atomic E-state index is -0.227. The Morgan fingerprint density at radius 1 is 1.28 bits per heavy atom. The second kappa shape index (κ2) is 7.25. The lowest BCUT2D eigenvalue weighted by Gasteiger charge is -2.24. The number of carbonyl (C=O) groups excluding carboxylic acids is 2. The molecule has 1 saturated heterocycles. The SMILES string of the molecule is CNc1cncc([C@H]2CCCN2C(=O)c2ccnc(NC(C)=O)c2)n1. The van der Waals surface area contributed by atoms with Gasteiger partial charge in [0.05, 0.1) is 24.1 Å². The summed E-state index contributed by atoms with van der Waals surface area (Å²) in [5.74, 6) is 0.711. The molecular weight excluding hydrogens is 320 g/mol. The van der Waals surface area contributed by atoms with Crippen molar-refractivity contribution >= 4 is 23.5 Å². The average molecular weight is 340 g/mol. The molecule has 1 atom stereocenters. The van der Waals surface area contributed by atoms with Crippen LogP contribution in [0.3, 0.4) is 0 Å². The Balaban J connectivity index is 1.84. The average Bonchev–Trinajstić information content (AvgIpc) is 3.10. The molecule has 0 unspecified atom stereocenters. The number of likely N-dealkylation sites (tertiary alicyclic amines) is 1. The van der Waals surface area contributed by atoms with E-state index < -0.39 is 0 Å². The molecule has 0 aromatic carbocycles. The third-order valence-corrected chi connectivity index (χ3v) is 4.08. The summed E-state index contributed by atoms with van der Waals surface area (Å²) >= 11 is 0. The molecule has 2 aromatic heterocycles. The second-order valence-corrected chi connectivity index (χ2v) is 5.85. The highest BCUT2D eigenvalue weighted by Gasteiger charge is 2.32. The summed E-state index contributed by atoms with van der Waals surface area (Å²) < 4.78 is 0. The van der Waals surface area contributed by atoms with E-state index in [1.165, 1.54) is 13.1 Å². The molecule has 8 heteroatoms. The number of rotatable bonds is 4. The molecule has 0 spiro atoms. The fourth-order valence-electron chi connectivity index (χ4n) is 2.96. The monoisotopic (exact) mass is 340 g/mol. The normalized spacial score (nSPS) is 16.6. The van der Waals surface area contributed by atoms with E-state index in [1.54, 1.807) is 36.5 Å². The Hall–Kier alpha value is -3.03. The zero-order chi connectivity index (χ0) is 17.8. The molecule has 1 aliphatic rings. The standard InChI is InChI=1S/C17H20N6O2/c1-11(24)21-15-8-12(5-6-20-15)17(25)23-7-3-4-14(23)13-9-19-10-16(18-2)22-13/h5-6,8-10,14H,3-4,7H2,1-2H3,(H,18,22)(H,20,21,24)/t14-/m1/s1. The maximum atomic E-state index is 12.9. The van der Waals surface area contributed by atoms with E-state index in [0.29, 0.717) is 23.7 Å². The first-order chi connectivity index (χ1) is 12.1. The molecule has 2 aromatic rings. The molecule has 3 heterocycles. The van der Waals surface area contributed by atoms with E-state index in [0.717, 1.165) is 18.5 Å². The summed E-state index contributed by atoms with van der Waals surface area (Å²) in [4.78, 5) is 38.7. The third kappa shape index (κ3) is 3.73. The van der Waals surface area contributed by atoms with Crippen molar-refractivity contribution in [2.24, 2.45) is 0 Å². The van der Waals surface area contributed by atoms with Crippen LogP contribution in [-0.4, -0.2) is 45.3 Å². The van der Waals surface area contributed by atoms with E-state index in [-0.39, 0.29) is 17.9 Å². The van der Waals surface area contributed by atoms with Gasteiger partial charge in [0.25, 0.3) is 5.91 Å². The molecule has 2 N–H and O–H groups in total. The first kappa shape index (κ1) is 16.8. The smallest absolute Gasteiger partial charge is 0.254 e. The summed E-state index contributed by atoms with van der Waals surface area (Å²) in [5, 5.41) is 5.56. The summed E-state index contributed by atoms with van der Waals surface area (Å²) in [6.45, 7) is 2.06. The lowest BCUT2D eigenvalue weighted by Crippen LogP contribution is -2.31. The van der Waals surface area contributed by atoms with Crippen molar-refractivity contribution in [2.75, 3.05) is 24.2 Å². The zero-order valence-electron chi connectivity index (χ0n) is 14.2. The minimum Gasteiger partial charge on any atom is -0.372 e. The van der Waals surface area contributed by atoms with Gasteiger partial charge in [-0.05, 0) is 25.0 Å². The van der Waals surface area contributed by atoms with E-state index in [9.17, 15) is 9.59 Å². The van der Waals surface area contributed by atoms with Gasteiger partial charge in [0.15, 0.2) is 0 Å². The number of hydrogen-bond donors (Lipinski definition) is 2. The summed E-state index contributed by atoms with van der Waals surface area (Å²) in [7, 11) is 1.78. The highest BCUT2D eigenvalue weighted by atomic mass is 16.2. The highest BCUT2D eigenvalue weighted by molar-refractivity contribution is 5.96. The topological polar surface area (TPSA) is 100 Å².